The number of carbonyl (C=O) groups is 1. The van der Waals surface area contributed by atoms with Crippen LogP contribution in [0.1, 0.15) is 38.3 Å². The van der Waals surface area contributed by atoms with Crippen molar-refractivity contribution in [1.82, 2.24) is 10.2 Å². The zero-order valence-corrected chi connectivity index (χ0v) is 13.1. The van der Waals surface area contributed by atoms with E-state index in [1.807, 2.05) is 32.9 Å². The van der Waals surface area contributed by atoms with Crippen molar-refractivity contribution >= 4 is 6.09 Å². The van der Waals surface area contributed by atoms with Crippen molar-refractivity contribution < 1.29 is 18.7 Å². The molecule has 2 rings (SSSR count). The Balaban J connectivity index is 1.98. The lowest BCUT2D eigenvalue weighted by molar-refractivity contribution is 0.0187. The molecular formula is C15H24N2O4. The Morgan fingerprint density at radius 3 is 2.90 bits per heavy atom. The number of piperazine rings is 1. The number of methoxy groups -OCH3 is 1. The Labute approximate surface area is 125 Å². The van der Waals surface area contributed by atoms with Crippen LogP contribution in [0.25, 0.3) is 0 Å². The number of ether oxygens (including phenoxy) is 2. The molecule has 1 saturated heterocycles. The van der Waals surface area contributed by atoms with Gasteiger partial charge in [-0.1, -0.05) is 0 Å². The Kier molecular flexibility index (Phi) is 4.90. The van der Waals surface area contributed by atoms with E-state index in [0.717, 1.165) is 11.5 Å². The topological polar surface area (TPSA) is 63.9 Å². The minimum Gasteiger partial charge on any atom is -0.462 e. The van der Waals surface area contributed by atoms with Crippen LogP contribution >= 0.6 is 0 Å². The highest BCUT2D eigenvalue weighted by molar-refractivity contribution is 5.68. The average molecular weight is 296 g/mol. The molecule has 0 aliphatic carbocycles. The molecule has 0 saturated carbocycles. The van der Waals surface area contributed by atoms with Crippen LogP contribution in [0.3, 0.4) is 0 Å². The number of nitrogens with one attached hydrogen (secondary N) is 1. The average Bonchev–Trinajstić information content (AvgIpc) is 2.86. The maximum Gasteiger partial charge on any atom is 0.410 e. The molecular weight excluding hydrogens is 272 g/mol. The summed E-state index contributed by atoms with van der Waals surface area (Å²) in [5, 5.41) is 3.35. The van der Waals surface area contributed by atoms with E-state index in [0.29, 0.717) is 26.2 Å². The molecule has 1 fully saturated rings. The highest BCUT2D eigenvalue weighted by Crippen LogP contribution is 2.21. The van der Waals surface area contributed by atoms with Gasteiger partial charge in [0, 0.05) is 26.7 Å². The highest BCUT2D eigenvalue weighted by Gasteiger charge is 2.29. The predicted molar refractivity (Wildman–Crippen MR) is 78.0 cm³/mol. The molecule has 1 aromatic rings. The van der Waals surface area contributed by atoms with Gasteiger partial charge in [0.2, 0.25) is 0 Å². The number of rotatable bonds is 3. The molecule has 1 aromatic heterocycles. The van der Waals surface area contributed by atoms with Crippen molar-refractivity contribution in [1.29, 1.82) is 0 Å². The molecule has 1 aliphatic heterocycles. The molecule has 0 radical (unpaired) electrons. The Morgan fingerprint density at radius 1 is 1.48 bits per heavy atom. The van der Waals surface area contributed by atoms with E-state index in [2.05, 4.69) is 5.32 Å². The number of hydrogen-bond donors (Lipinski definition) is 1. The van der Waals surface area contributed by atoms with Crippen molar-refractivity contribution in [3.63, 3.8) is 0 Å². The van der Waals surface area contributed by atoms with Crippen molar-refractivity contribution in [3.8, 4) is 0 Å². The summed E-state index contributed by atoms with van der Waals surface area (Å²) in [7, 11) is 1.63. The van der Waals surface area contributed by atoms with E-state index in [1.54, 1.807) is 12.0 Å². The second-order valence-corrected chi connectivity index (χ2v) is 6.17. The zero-order valence-electron chi connectivity index (χ0n) is 13.1. The summed E-state index contributed by atoms with van der Waals surface area (Å²) in [5.74, 6) is 1.60. The van der Waals surface area contributed by atoms with Crippen LogP contribution in [0, 0.1) is 0 Å². The van der Waals surface area contributed by atoms with E-state index in [1.165, 1.54) is 0 Å². The maximum atomic E-state index is 12.1. The van der Waals surface area contributed by atoms with Gasteiger partial charge in [-0.2, -0.15) is 0 Å². The summed E-state index contributed by atoms with van der Waals surface area (Å²) >= 11 is 0. The third-order valence-corrected chi connectivity index (χ3v) is 3.14. The van der Waals surface area contributed by atoms with Gasteiger partial charge in [-0.15, -0.1) is 0 Å². The summed E-state index contributed by atoms with van der Waals surface area (Å²) in [5.41, 5.74) is -0.478. The first kappa shape index (κ1) is 15.9. The maximum absolute atomic E-state index is 12.1. The van der Waals surface area contributed by atoms with Gasteiger partial charge in [0.15, 0.2) is 0 Å². The second kappa shape index (κ2) is 6.49. The van der Waals surface area contributed by atoms with Crippen LogP contribution in [0.5, 0.6) is 0 Å². The fraction of sp³-hybridized carbons (Fsp3) is 0.667. The van der Waals surface area contributed by atoms with Gasteiger partial charge in [-0.3, -0.25) is 0 Å². The number of furan rings is 1. The minimum atomic E-state index is -0.478. The smallest absolute Gasteiger partial charge is 0.410 e. The van der Waals surface area contributed by atoms with Crippen LogP contribution < -0.4 is 5.32 Å². The molecule has 1 unspecified atom stereocenters. The first-order valence-electron chi connectivity index (χ1n) is 7.18. The van der Waals surface area contributed by atoms with Crippen molar-refractivity contribution in [2.45, 2.75) is 39.0 Å². The van der Waals surface area contributed by atoms with Gasteiger partial charge in [0.05, 0.1) is 6.04 Å². The monoisotopic (exact) mass is 296 g/mol. The Hall–Kier alpha value is -1.53. The zero-order chi connectivity index (χ0) is 15.5. The lowest BCUT2D eigenvalue weighted by Gasteiger charge is -2.34. The predicted octanol–water partition coefficient (Wildman–Crippen LogP) is 2.31. The Morgan fingerprint density at radius 2 is 2.24 bits per heavy atom. The first-order chi connectivity index (χ1) is 9.89. The summed E-state index contributed by atoms with van der Waals surface area (Å²) in [6, 6.07) is 3.80. The SMILES string of the molecule is COCc1ccc(C2CN(C(=O)OC(C)(C)C)CCN2)o1. The van der Waals surface area contributed by atoms with Gasteiger partial charge in [-0.25, -0.2) is 4.79 Å². The van der Waals surface area contributed by atoms with Gasteiger partial charge in [0.1, 0.15) is 23.7 Å². The molecule has 1 N–H and O–H groups in total. The highest BCUT2D eigenvalue weighted by atomic mass is 16.6. The Bertz CT molecular complexity index is 478. The normalized spacial score (nSPS) is 19.6. The largest absolute Gasteiger partial charge is 0.462 e. The van der Waals surface area contributed by atoms with E-state index in [-0.39, 0.29) is 12.1 Å². The second-order valence-electron chi connectivity index (χ2n) is 6.17. The molecule has 1 aliphatic rings. The van der Waals surface area contributed by atoms with Crippen LogP contribution in [0.2, 0.25) is 0 Å². The van der Waals surface area contributed by atoms with E-state index < -0.39 is 5.60 Å². The molecule has 118 valence electrons. The molecule has 2 heterocycles. The molecule has 21 heavy (non-hydrogen) atoms. The van der Waals surface area contributed by atoms with Gasteiger partial charge in [0.25, 0.3) is 0 Å². The molecule has 0 bridgehead atoms. The van der Waals surface area contributed by atoms with Crippen LogP contribution in [-0.4, -0.2) is 43.3 Å². The molecule has 6 nitrogen and oxygen atoms in total. The fourth-order valence-corrected chi connectivity index (χ4v) is 2.23. The number of hydrogen-bond acceptors (Lipinski definition) is 5. The number of amides is 1. The molecule has 0 aromatic carbocycles. The fourth-order valence-electron chi connectivity index (χ4n) is 2.23. The minimum absolute atomic E-state index is 0.0168. The summed E-state index contributed by atoms with van der Waals surface area (Å²) in [6.45, 7) is 7.94. The summed E-state index contributed by atoms with van der Waals surface area (Å²) < 4.78 is 16.2. The third-order valence-electron chi connectivity index (χ3n) is 3.14. The summed E-state index contributed by atoms with van der Waals surface area (Å²) in [4.78, 5) is 13.8. The van der Waals surface area contributed by atoms with Crippen molar-refractivity contribution in [3.05, 3.63) is 23.7 Å². The van der Waals surface area contributed by atoms with E-state index in [4.69, 9.17) is 13.9 Å². The number of nitrogens with zero attached hydrogens (tertiary/aromatic N) is 1. The van der Waals surface area contributed by atoms with Crippen LogP contribution in [0.4, 0.5) is 4.79 Å². The standard InChI is InChI=1S/C15H24N2O4/c1-15(2,3)21-14(18)17-8-7-16-12(9-17)13-6-5-11(20-13)10-19-4/h5-6,12,16H,7-10H2,1-4H3. The quantitative estimate of drug-likeness (QED) is 0.927. The molecule has 0 spiro atoms. The van der Waals surface area contributed by atoms with Crippen molar-refractivity contribution in [2.75, 3.05) is 26.7 Å². The van der Waals surface area contributed by atoms with Gasteiger partial charge >= 0.3 is 6.09 Å². The number of carbonyl (C=O) groups excluding carboxylic acids is 1. The third kappa shape index (κ3) is 4.47. The molecule has 1 atom stereocenters. The van der Waals surface area contributed by atoms with Gasteiger partial charge < -0.3 is 24.1 Å². The van der Waals surface area contributed by atoms with E-state index >= 15 is 0 Å². The van der Waals surface area contributed by atoms with Crippen LogP contribution in [-0.2, 0) is 16.1 Å². The van der Waals surface area contributed by atoms with Crippen molar-refractivity contribution in [2.24, 2.45) is 0 Å². The first-order valence-corrected chi connectivity index (χ1v) is 7.18. The lowest BCUT2D eigenvalue weighted by Crippen LogP contribution is -2.49. The molecule has 1 amide bonds. The summed E-state index contributed by atoms with van der Waals surface area (Å²) in [6.07, 6.45) is -0.280. The lowest BCUT2D eigenvalue weighted by atomic mass is 10.1. The van der Waals surface area contributed by atoms with E-state index in [9.17, 15) is 4.79 Å². The van der Waals surface area contributed by atoms with Gasteiger partial charge in [-0.05, 0) is 32.9 Å². The molecule has 6 heteroatoms. The van der Waals surface area contributed by atoms with Crippen LogP contribution in [0.15, 0.2) is 16.5 Å².